The van der Waals surface area contributed by atoms with E-state index in [0.29, 0.717) is 16.8 Å². The molecule has 4 rings (SSSR count). The SMILES string of the molecule is C=CC(c1ccc(O)cc1)S(=O)(=O)N1c2ccccc2-c2cccc(O)c2C1C. The average molecular weight is 407 g/mol. The summed E-state index contributed by atoms with van der Waals surface area (Å²) >= 11 is 0. The van der Waals surface area contributed by atoms with E-state index in [1.165, 1.54) is 22.5 Å². The zero-order valence-corrected chi connectivity index (χ0v) is 16.7. The summed E-state index contributed by atoms with van der Waals surface area (Å²) in [4.78, 5) is 0. The smallest absolute Gasteiger partial charge is 0.246 e. The molecule has 1 heterocycles. The van der Waals surface area contributed by atoms with Crippen molar-refractivity contribution in [3.05, 3.63) is 90.5 Å². The minimum absolute atomic E-state index is 0.0597. The minimum Gasteiger partial charge on any atom is -0.508 e. The number of hydrogen-bond acceptors (Lipinski definition) is 4. The monoisotopic (exact) mass is 407 g/mol. The van der Waals surface area contributed by atoms with Crippen LogP contribution < -0.4 is 4.31 Å². The molecule has 0 saturated heterocycles. The molecule has 148 valence electrons. The normalized spacial score (nSPS) is 16.6. The summed E-state index contributed by atoms with van der Waals surface area (Å²) < 4.78 is 29.0. The first-order chi connectivity index (χ1) is 13.9. The molecular weight excluding hydrogens is 386 g/mol. The summed E-state index contributed by atoms with van der Waals surface area (Å²) in [5.74, 6) is 0.119. The minimum atomic E-state index is -3.94. The summed E-state index contributed by atoms with van der Waals surface area (Å²) in [5, 5.41) is 19.1. The first kappa shape index (κ1) is 19.1. The molecule has 5 nitrogen and oxygen atoms in total. The van der Waals surface area contributed by atoms with Gasteiger partial charge >= 0.3 is 0 Å². The Balaban J connectivity index is 1.92. The van der Waals surface area contributed by atoms with E-state index < -0.39 is 21.3 Å². The van der Waals surface area contributed by atoms with Crippen LogP contribution in [0.1, 0.15) is 29.3 Å². The van der Waals surface area contributed by atoms with Gasteiger partial charge in [-0.25, -0.2) is 8.42 Å². The first-order valence-corrected chi connectivity index (χ1v) is 10.7. The number of fused-ring (bicyclic) bond motifs is 3. The van der Waals surface area contributed by atoms with E-state index in [0.717, 1.165) is 11.1 Å². The lowest BCUT2D eigenvalue weighted by Crippen LogP contribution is -2.38. The lowest BCUT2D eigenvalue weighted by Gasteiger charge is -2.39. The first-order valence-electron chi connectivity index (χ1n) is 9.22. The summed E-state index contributed by atoms with van der Waals surface area (Å²) in [6.45, 7) is 5.51. The van der Waals surface area contributed by atoms with Gasteiger partial charge in [0.25, 0.3) is 0 Å². The van der Waals surface area contributed by atoms with E-state index in [-0.39, 0.29) is 11.5 Å². The molecule has 0 bridgehead atoms. The van der Waals surface area contributed by atoms with Crippen molar-refractivity contribution in [1.82, 2.24) is 0 Å². The number of hydrogen-bond donors (Lipinski definition) is 2. The van der Waals surface area contributed by atoms with Crippen LogP contribution in [0.2, 0.25) is 0 Å². The third-order valence-corrected chi connectivity index (χ3v) is 7.48. The van der Waals surface area contributed by atoms with E-state index in [2.05, 4.69) is 6.58 Å². The van der Waals surface area contributed by atoms with Crippen LogP contribution in [-0.2, 0) is 10.0 Å². The van der Waals surface area contributed by atoms with Crippen molar-refractivity contribution in [3.8, 4) is 22.6 Å². The summed E-state index contributed by atoms with van der Waals surface area (Å²) in [5.41, 5.74) is 3.20. The second-order valence-electron chi connectivity index (χ2n) is 7.02. The highest BCUT2D eigenvalue weighted by atomic mass is 32.2. The standard InChI is InChI=1S/C23H21NO4S/c1-3-22(16-11-13-17(25)14-12-16)29(27,28)24-15(2)23-19(8-6-10-21(23)26)18-7-4-5-9-20(18)24/h3-15,22,25-26H,1H2,2H3. The maximum atomic E-state index is 13.8. The molecule has 0 saturated carbocycles. The molecule has 0 fully saturated rings. The van der Waals surface area contributed by atoms with Crippen molar-refractivity contribution in [2.75, 3.05) is 4.31 Å². The lowest BCUT2D eigenvalue weighted by molar-refractivity contribution is 0.463. The molecule has 0 aromatic heterocycles. The second-order valence-corrected chi connectivity index (χ2v) is 8.95. The maximum Gasteiger partial charge on any atom is 0.246 e. The van der Waals surface area contributed by atoms with Crippen molar-refractivity contribution < 1.29 is 18.6 Å². The number of phenols is 2. The van der Waals surface area contributed by atoms with E-state index in [4.69, 9.17) is 0 Å². The molecular formula is C23H21NO4S. The number of sulfonamides is 1. The predicted molar refractivity (Wildman–Crippen MR) is 114 cm³/mol. The quantitative estimate of drug-likeness (QED) is 0.603. The third-order valence-electron chi connectivity index (χ3n) is 5.32. The Hall–Kier alpha value is -3.25. The van der Waals surface area contributed by atoms with Crippen LogP contribution in [0.3, 0.4) is 0 Å². The highest BCUT2D eigenvalue weighted by molar-refractivity contribution is 7.93. The van der Waals surface area contributed by atoms with Crippen molar-refractivity contribution in [1.29, 1.82) is 0 Å². The van der Waals surface area contributed by atoms with Gasteiger partial charge in [-0.05, 0) is 42.3 Å². The number of anilines is 1. The Labute approximate surface area is 170 Å². The molecule has 1 aliphatic rings. The van der Waals surface area contributed by atoms with E-state index in [1.807, 2.05) is 18.2 Å². The fourth-order valence-electron chi connectivity index (χ4n) is 4.02. The van der Waals surface area contributed by atoms with Gasteiger partial charge in [0, 0.05) is 11.1 Å². The van der Waals surface area contributed by atoms with Gasteiger partial charge in [-0.15, -0.1) is 6.58 Å². The molecule has 3 aromatic carbocycles. The van der Waals surface area contributed by atoms with Gasteiger partial charge < -0.3 is 10.2 Å². The largest absolute Gasteiger partial charge is 0.508 e. The zero-order valence-electron chi connectivity index (χ0n) is 15.9. The van der Waals surface area contributed by atoms with Gasteiger partial charge in [0.15, 0.2) is 0 Å². The van der Waals surface area contributed by atoms with Crippen molar-refractivity contribution in [2.45, 2.75) is 18.2 Å². The van der Waals surface area contributed by atoms with Gasteiger partial charge in [-0.3, -0.25) is 4.31 Å². The molecule has 0 aliphatic carbocycles. The molecule has 0 radical (unpaired) electrons. The van der Waals surface area contributed by atoms with E-state index in [9.17, 15) is 18.6 Å². The van der Waals surface area contributed by atoms with Crippen LogP contribution in [0.15, 0.2) is 79.4 Å². The van der Waals surface area contributed by atoms with E-state index >= 15 is 0 Å². The Bertz CT molecular complexity index is 1190. The molecule has 2 unspecified atom stereocenters. The topological polar surface area (TPSA) is 77.8 Å². The van der Waals surface area contributed by atoms with Gasteiger partial charge in [0.2, 0.25) is 10.0 Å². The van der Waals surface area contributed by atoms with Gasteiger partial charge in [0.1, 0.15) is 16.7 Å². The fraction of sp³-hybridized carbons (Fsp3) is 0.130. The number of rotatable bonds is 4. The number of nitrogens with zero attached hydrogens (tertiary/aromatic N) is 1. The second kappa shape index (κ2) is 6.97. The van der Waals surface area contributed by atoms with Crippen LogP contribution in [0.4, 0.5) is 5.69 Å². The molecule has 3 aromatic rings. The molecule has 29 heavy (non-hydrogen) atoms. The number of benzene rings is 3. The molecule has 2 atom stereocenters. The summed E-state index contributed by atoms with van der Waals surface area (Å²) in [7, 11) is -3.94. The number of phenolic OH excluding ortho intramolecular Hbond substituents is 2. The van der Waals surface area contributed by atoms with E-state index in [1.54, 1.807) is 43.3 Å². The zero-order chi connectivity index (χ0) is 20.8. The number of aromatic hydroxyl groups is 2. The third kappa shape index (κ3) is 2.96. The average Bonchev–Trinajstić information content (AvgIpc) is 2.70. The lowest BCUT2D eigenvalue weighted by atomic mass is 9.90. The van der Waals surface area contributed by atoms with Crippen LogP contribution in [0, 0.1) is 0 Å². The van der Waals surface area contributed by atoms with Crippen LogP contribution in [-0.4, -0.2) is 18.6 Å². The van der Waals surface area contributed by atoms with Gasteiger partial charge in [0.05, 0.1) is 11.7 Å². The van der Waals surface area contributed by atoms with Gasteiger partial charge in [-0.1, -0.05) is 48.5 Å². The predicted octanol–water partition coefficient (Wildman–Crippen LogP) is 4.90. The molecule has 2 N–H and O–H groups in total. The highest BCUT2D eigenvalue weighted by Gasteiger charge is 2.40. The van der Waals surface area contributed by atoms with Crippen molar-refractivity contribution in [3.63, 3.8) is 0 Å². The molecule has 0 spiro atoms. The van der Waals surface area contributed by atoms with Gasteiger partial charge in [-0.2, -0.15) is 0 Å². The van der Waals surface area contributed by atoms with Crippen molar-refractivity contribution >= 4 is 15.7 Å². The summed E-state index contributed by atoms with van der Waals surface area (Å²) in [6.07, 6.45) is 1.39. The number of para-hydroxylation sites is 1. The Morgan fingerprint density at radius 3 is 2.31 bits per heavy atom. The fourth-order valence-corrected chi connectivity index (χ4v) is 5.99. The molecule has 0 amide bonds. The Kier molecular flexibility index (Phi) is 4.59. The molecule has 6 heteroatoms. The Morgan fingerprint density at radius 1 is 0.966 bits per heavy atom. The summed E-state index contributed by atoms with van der Waals surface area (Å²) in [6, 6.07) is 17.9. The Morgan fingerprint density at radius 2 is 1.62 bits per heavy atom. The van der Waals surface area contributed by atoms with Crippen LogP contribution in [0.25, 0.3) is 11.1 Å². The maximum absolute atomic E-state index is 13.8. The van der Waals surface area contributed by atoms with Crippen LogP contribution >= 0.6 is 0 Å². The molecule has 1 aliphatic heterocycles. The van der Waals surface area contributed by atoms with Crippen molar-refractivity contribution in [2.24, 2.45) is 0 Å². The highest BCUT2D eigenvalue weighted by Crippen LogP contribution is 2.50. The van der Waals surface area contributed by atoms with Crippen LogP contribution in [0.5, 0.6) is 11.5 Å².